The van der Waals surface area contributed by atoms with E-state index in [9.17, 15) is 18.0 Å². The Bertz CT molecular complexity index is 764. The summed E-state index contributed by atoms with van der Waals surface area (Å²) in [6.07, 6.45) is -2.09. The van der Waals surface area contributed by atoms with Gasteiger partial charge in [-0.1, -0.05) is 20.8 Å². The summed E-state index contributed by atoms with van der Waals surface area (Å²) in [5.41, 5.74) is 0.791. The highest BCUT2D eigenvalue weighted by molar-refractivity contribution is 6.02. The van der Waals surface area contributed by atoms with E-state index in [1.165, 1.54) is 6.20 Å². The fourth-order valence-electron chi connectivity index (χ4n) is 2.29. The second-order valence-electron chi connectivity index (χ2n) is 6.49. The highest BCUT2D eigenvalue weighted by atomic mass is 19.4. The van der Waals surface area contributed by atoms with E-state index in [2.05, 4.69) is 15.3 Å². The fraction of sp³-hybridized carbons (Fsp3) is 0.353. The molecule has 0 aliphatic heterocycles. The van der Waals surface area contributed by atoms with Crippen molar-refractivity contribution in [3.8, 4) is 0 Å². The monoisotopic (exact) mass is 337 g/mol. The van der Waals surface area contributed by atoms with Crippen LogP contribution >= 0.6 is 0 Å². The summed E-state index contributed by atoms with van der Waals surface area (Å²) in [4.78, 5) is 20.1. The Labute approximate surface area is 138 Å². The molecule has 0 aliphatic carbocycles. The molecular formula is C17H18F3N3O. The van der Waals surface area contributed by atoms with Crippen LogP contribution in [0.5, 0.6) is 0 Å². The van der Waals surface area contributed by atoms with Gasteiger partial charge in [-0.2, -0.15) is 13.2 Å². The number of halogens is 3. The van der Waals surface area contributed by atoms with Crippen LogP contribution in [-0.2, 0) is 11.6 Å². The average Bonchev–Trinajstić information content (AvgIpc) is 2.47. The molecule has 0 fully saturated rings. The van der Waals surface area contributed by atoms with Gasteiger partial charge in [-0.05, 0) is 36.1 Å². The maximum absolute atomic E-state index is 12.7. The lowest BCUT2D eigenvalue weighted by Crippen LogP contribution is -2.18. The third-order valence-corrected chi connectivity index (χ3v) is 3.47. The molecule has 0 saturated carbocycles. The van der Waals surface area contributed by atoms with E-state index in [0.717, 1.165) is 29.6 Å². The molecule has 0 bridgehead atoms. The number of aryl methyl sites for hydroxylation is 1. The summed E-state index contributed by atoms with van der Waals surface area (Å²) in [6.45, 7) is 7.89. The van der Waals surface area contributed by atoms with Crippen molar-refractivity contribution >= 4 is 11.6 Å². The van der Waals surface area contributed by atoms with Gasteiger partial charge in [-0.3, -0.25) is 14.8 Å². The van der Waals surface area contributed by atoms with E-state index < -0.39 is 17.6 Å². The molecule has 24 heavy (non-hydrogen) atoms. The second kappa shape index (κ2) is 6.22. The van der Waals surface area contributed by atoms with Crippen molar-refractivity contribution in [2.75, 3.05) is 5.32 Å². The van der Waals surface area contributed by atoms with Crippen LogP contribution in [0, 0.1) is 6.92 Å². The summed E-state index contributed by atoms with van der Waals surface area (Å²) in [6, 6.07) is 3.32. The summed E-state index contributed by atoms with van der Waals surface area (Å²) in [7, 11) is 0. The molecule has 1 amide bonds. The summed E-state index contributed by atoms with van der Waals surface area (Å²) in [5.74, 6) is -0.716. The summed E-state index contributed by atoms with van der Waals surface area (Å²) < 4.78 is 38.2. The number of alkyl halides is 3. The van der Waals surface area contributed by atoms with E-state index in [4.69, 9.17) is 0 Å². The maximum atomic E-state index is 12.7. The SMILES string of the molecule is Cc1ncc(NC(=O)c2cc(C(F)(F)F)ccn2)cc1C(C)(C)C. The Morgan fingerprint density at radius 2 is 1.79 bits per heavy atom. The van der Waals surface area contributed by atoms with Crippen molar-refractivity contribution in [2.45, 2.75) is 39.3 Å². The minimum absolute atomic E-state index is 0.174. The minimum atomic E-state index is -4.53. The maximum Gasteiger partial charge on any atom is 0.416 e. The van der Waals surface area contributed by atoms with Gasteiger partial charge < -0.3 is 5.32 Å². The van der Waals surface area contributed by atoms with Crippen LogP contribution in [0.4, 0.5) is 18.9 Å². The molecule has 0 spiro atoms. The third kappa shape index (κ3) is 4.10. The molecule has 2 aromatic rings. The quantitative estimate of drug-likeness (QED) is 0.886. The predicted octanol–water partition coefficient (Wildman–Crippen LogP) is 4.35. The molecule has 2 heterocycles. The van der Waals surface area contributed by atoms with E-state index in [-0.39, 0.29) is 11.1 Å². The van der Waals surface area contributed by atoms with Crippen LogP contribution in [0.25, 0.3) is 0 Å². The normalized spacial score (nSPS) is 12.1. The highest BCUT2D eigenvalue weighted by Gasteiger charge is 2.31. The van der Waals surface area contributed by atoms with E-state index in [0.29, 0.717) is 5.69 Å². The van der Waals surface area contributed by atoms with E-state index in [1.54, 1.807) is 6.07 Å². The van der Waals surface area contributed by atoms with Crippen LogP contribution in [0.1, 0.15) is 48.1 Å². The summed E-state index contributed by atoms with van der Waals surface area (Å²) >= 11 is 0. The van der Waals surface area contributed by atoms with Crippen LogP contribution in [-0.4, -0.2) is 15.9 Å². The predicted molar refractivity (Wildman–Crippen MR) is 84.9 cm³/mol. The van der Waals surface area contributed by atoms with Gasteiger partial charge in [0.25, 0.3) is 5.91 Å². The van der Waals surface area contributed by atoms with Gasteiger partial charge in [0, 0.05) is 11.9 Å². The molecule has 2 aromatic heterocycles. The van der Waals surface area contributed by atoms with Crippen molar-refractivity contribution in [3.63, 3.8) is 0 Å². The lowest BCUT2D eigenvalue weighted by atomic mass is 9.86. The largest absolute Gasteiger partial charge is 0.416 e. The van der Waals surface area contributed by atoms with Crippen LogP contribution in [0.15, 0.2) is 30.6 Å². The van der Waals surface area contributed by atoms with Crippen LogP contribution < -0.4 is 5.32 Å². The van der Waals surface area contributed by atoms with Crippen molar-refractivity contribution in [1.82, 2.24) is 9.97 Å². The van der Waals surface area contributed by atoms with Gasteiger partial charge in [0.2, 0.25) is 0 Å². The molecule has 0 aliphatic rings. The highest BCUT2D eigenvalue weighted by Crippen LogP contribution is 2.29. The van der Waals surface area contributed by atoms with Crippen molar-refractivity contribution in [3.05, 3.63) is 53.1 Å². The molecule has 7 heteroatoms. The number of carbonyl (C=O) groups excluding carboxylic acids is 1. The number of aromatic nitrogens is 2. The number of pyridine rings is 2. The number of rotatable bonds is 2. The third-order valence-electron chi connectivity index (χ3n) is 3.47. The number of carbonyl (C=O) groups is 1. The lowest BCUT2D eigenvalue weighted by molar-refractivity contribution is -0.137. The molecule has 2 rings (SSSR count). The molecule has 1 N–H and O–H groups in total. The Hall–Kier alpha value is -2.44. The molecule has 0 saturated heterocycles. The lowest BCUT2D eigenvalue weighted by Gasteiger charge is -2.21. The smallest absolute Gasteiger partial charge is 0.319 e. The Morgan fingerprint density at radius 3 is 2.38 bits per heavy atom. The first kappa shape index (κ1) is 17.9. The van der Waals surface area contributed by atoms with Crippen molar-refractivity contribution in [1.29, 1.82) is 0 Å². The number of amides is 1. The molecular weight excluding hydrogens is 319 g/mol. The molecule has 128 valence electrons. The molecule has 0 radical (unpaired) electrons. The van der Waals surface area contributed by atoms with Gasteiger partial charge in [0.15, 0.2) is 0 Å². The topological polar surface area (TPSA) is 54.9 Å². The zero-order valence-corrected chi connectivity index (χ0v) is 13.8. The number of anilines is 1. The van der Waals surface area contributed by atoms with Crippen LogP contribution in [0.3, 0.4) is 0 Å². The zero-order chi connectivity index (χ0) is 18.1. The number of hydrogen-bond acceptors (Lipinski definition) is 3. The average molecular weight is 337 g/mol. The van der Waals surface area contributed by atoms with Gasteiger partial charge in [0.05, 0.1) is 17.4 Å². The molecule has 0 atom stereocenters. The van der Waals surface area contributed by atoms with Gasteiger partial charge in [-0.15, -0.1) is 0 Å². The first-order valence-corrected chi connectivity index (χ1v) is 7.30. The second-order valence-corrected chi connectivity index (χ2v) is 6.49. The Kier molecular flexibility index (Phi) is 4.64. The van der Waals surface area contributed by atoms with Gasteiger partial charge in [-0.25, -0.2) is 0 Å². The Balaban J connectivity index is 2.28. The first-order chi connectivity index (χ1) is 11.0. The van der Waals surface area contributed by atoms with Gasteiger partial charge in [0.1, 0.15) is 5.69 Å². The van der Waals surface area contributed by atoms with Crippen LogP contribution in [0.2, 0.25) is 0 Å². The zero-order valence-electron chi connectivity index (χ0n) is 13.8. The van der Waals surface area contributed by atoms with E-state index >= 15 is 0 Å². The minimum Gasteiger partial charge on any atom is -0.319 e. The number of hydrogen-bond donors (Lipinski definition) is 1. The molecule has 4 nitrogen and oxygen atoms in total. The number of nitrogens with zero attached hydrogens (tertiary/aromatic N) is 2. The number of nitrogens with one attached hydrogen (secondary N) is 1. The fourth-order valence-corrected chi connectivity index (χ4v) is 2.29. The van der Waals surface area contributed by atoms with E-state index in [1.807, 2.05) is 27.7 Å². The Morgan fingerprint density at radius 1 is 1.12 bits per heavy atom. The molecule has 0 unspecified atom stereocenters. The summed E-state index contributed by atoms with van der Waals surface area (Å²) in [5, 5.41) is 2.55. The van der Waals surface area contributed by atoms with Crippen molar-refractivity contribution < 1.29 is 18.0 Å². The first-order valence-electron chi connectivity index (χ1n) is 7.30. The molecule has 0 aromatic carbocycles. The van der Waals surface area contributed by atoms with Gasteiger partial charge >= 0.3 is 6.18 Å². The van der Waals surface area contributed by atoms with Crippen molar-refractivity contribution in [2.24, 2.45) is 0 Å². The standard InChI is InChI=1S/C17H18F3N3O/c1-10-13(16(2,3)4)8-12(9-22-10)23-15(24)14-7-11(5-6-21-14)17(18,19)20/h5-9H,1-4H3,(H,23,24).